The second-order valence-electron chi connectivity index (χ2n) is 4.58. The first-order valence-electron chi connectivity index (χ1n) is 6.06. The molecule has 0 saturated carbocycles. The van der Waals surface area contributed by atoms with E-state index in [1.54, 1.807) is 12.1 Å². The van der Waals surface area contributed by atoms with Gasteiger partial charge in [0.2, 0.25) is 0 Å². The van der Waals surface area contributed by atoms with Gasteiger partial charge in [0.25, 0.3) is 10.1 Å². The van der Waals surface area contributed by atoms with Crippen LogP contribution in [0.5, 0.6) is 0 Å². The van der Waals surface area contributed by atoms with Gasteiger partial charge >= 0.3 is 23.1 Å². The number of rotatable bonds is 2. The summed E-state index contributed by atoms with van der Waals surface area (Å²) in [6.45, 7) is 3.60. The fourth-order valence-electron chi connectivity index (χ4n) is 2.45. The van der Waals surface area contributed by atoms with E-state index in [1.165, 1.54) is 6.08 Å². The van der Waals surface area contributed by atoms with Gasteiger partial charge in [0.05, 0.1) is 0 Å². The van der Waals surface area contributed by atoms with E-state index in [1.807, 2.05) is 36.4 Å². The van der Waals surface area contributed by atoms with Crippen LogP contribution < -0.4 is 0 Å². The first kappa shape index (κ1) is 16.0. The van der Waals surface area contributed by atoms with Gasteiger partial charge in [0.1, 0.15) is 4.90 Å². The summed E-state index contributed by atoms with van der Waals surface area (Å²) in [4.78, 5) is -0.0873. The highest BCUT2D eigenvalue weighted by atomic mass is 32.2. The van der Waals surface area contributed by atoms with Gasteiger partial charge in [-0.05, 0) is 33.9 Å². The third-order valence-corrected chi connectivity index (χ3v) is 4.32. The molecule has 0 aliphatic heterocycles. The maximum absolute atomic E-state index is 11.7. The zero-order valence-electron chi connectivity index (χ0n) is 10.6. The Bertz CT molecular complexity index is 946. The predicted molar refractivity (Wildman–Crippen MR) is 89.9 cm³/mol. The molecule has 0 unspecified atom stereocenters. The van der Waals surface area contributed by atoms with E-state index >= 15 is 0 Å². The van der Waals surface area contributed by atoms with E-state index < -0.39 is 10.1 Å². The molecule has 0 aromatic heterocycles. The molecule has 0 saturated heterocycles. The first-order valence-corrected chi connectivity index (χ1v) is 7.50. The van der Waals surface area contributed by atoms with E-state index in [-0.39, 0.29) is 27.9 Å². The molecule has 0 radical (unpaired) electrons. The average molecular weight is 311 g/mol. The van der Waals surface area contributed by atoms with E-state index in [2.05, 4.69) is 6.58 Å². The highest BCUT2D eigenvalue weighted by Crippen LogP contribution is 2.31. The molecule has 0 atom stereocenters. The molecular formula is C16H14MgO3S. The van der Waals surface area contributed by atoms with Crippen molar-refractivity contribution in [2.45, 2.75) is 4.90 Å². The Labute approximate surface area is 139 Å². The molecule has 104 valence electrons. The highest BCUT2D eigenvalue weighted by Gasteiger charge is 2.18. The minimum atomic E-state index is -4.31. The maximum atomic E-state index is 11.7. The fraction of sp³-hybridized carbons (Fsp3) is 0. The van der Waals surface area contributed by atoms with Gasteiger partial charge in [-0.3, -0.25) is 4.55 Å². The Kier molecular flexibility index (Phi) is 4.39. The summed E-state index contributed by atoms with van der Waals surface area (Å²) in [7, 11) is -4.31. The van der Waals surface area contributed by atoms with Crippen molar-refractivity contribution in [2.24, 2.45) is 0 Å². The Hall–Kier alpha value is -1.40. The summed E-state index contributed by atoms with van der Waals surface area (Å²) in [5.74, 6) is 0. The first-order chi connectivity index (χ1) is 9.50. The van der Waals surface area contributed by atoms with E-state index in [9.17, 15) is 13.0 Å². The molecule has 0 bridgehead atoms. The highest BCUT2D eigenvalue weighted by molar-refractivity contribution is 7.86. The summed E-state index contributed by atoms with van der Waals surface area (Å²) < 4.78 is 32.8. The molecule has 21 heavy (non-hydrogen) atoms. The summed E-state index contributed by atoms with van der Waals surface area (Å²) in [5.41, 5.74) is 0.398. The van der Waals surface area contributed by atoms with Gasteiger partial charge in [0.15, 0.2) is 0 Å². The molecule has 3 aromatic rings. The monoisotopic (exact) mass is 310 g/mol. The summed E-state index contributed by atoms with van der Waals surface area (Å²) in [6.07, 6.45) is 1.43. The van der Waals surface area contributed by atoms with Crippen molar-refractivity contribution in [2.75, 3.05) is 0 Å². The van der Waals surface area contributed by atoms with Crippen LogP contribution >= 0.6 is 0 Å². The Morgan fingerprint density at radius 3 is 2.14 bits per heavy atom. The van der Waals surface area contributed by atoms with Crippen LogP contribution in [-0.4, -0.2) is 36.0 Å². The van der Waals surface area contributed by atoms with Crippen LogP contribution in [0, 0.1) is 0 Å². The van der Waals surface area contributed by atoms with Gasteiger partial charge < -0.3 is 0 Å². The zero-order chi connectivity index (χ0) is 14.3. The number of benzene rings is 3. The van der Waals surface area contributed by atoms with E-state index in [0.29, 0.717) is 10.9 Å². The van der Waals surface area contributed by atoms with Crippen LogP contribution in [0.15, 0.2) is 60.0 Å². The van der Waals surface area contributed by atoms with Gasteiger partial charge in [-0.15, -0.1) is 0 Å². The summed E-state index contributed by atoms with van der Waals surface area (Å²) in [5, 5.41) is 3.21. The molecule has 5 heteroatoms. The number of hydrogen-bond acceptors (Lipinski definition) is 2. The third-order valence-electron chi connectivity index (χ3n) is 3.34. The van der Waals surface area contributed by atoms with E-state index in [0.717, 1.165) is 16.2 Å². The number of hydrogen-bond donors (Lipinski definition) is 1. The van der Waals surface area contributed by atoms with Gasteiger partial charge in [-0.1, -0.05) is 49.1 Å². The standard InChI is InChI=1S/C16H12O3S.Mg.2H/c1-2-11-7-8-14-9-12-5-3-4-6-13(12)10-15(14)16(11)20(17,18)19;;;/h2-10H,1H2,(H,17,18,19);;;. The molecule has 3 aromatic carbocycles. The van der Waals surface area contributed by atoms with Gasteiger partial charge in [-0.2, -0.15) is 8.42 Å². The molecule has 3 rings (SSSR count). The molecular weight excluding hydrogens is 297 g/mol. The molecule has 3 nitrogen and oxygen atoms in total. The third kappa shape index (κ3) is 2.82. The quantitative estimate of drug-likeness (QED) is 0.450. The van der Waals surface area contributed by atoms with Crippen molar-refractivity contribution in [3.05, 3.63) is 60.7 Å². The maximum Gasteiger partial charge on any atom is 0.316 e. The largest absolute Gasteiger partial charge is 0.316 e. The average Bonchev–Trinajstić information content (AvgIpc) is 2.42. The van der Waals surface area contributed by atoms with E-state index in [4.69, 9.17) is 0 Å². The van der Waals surface area contributed by atoms with Crippen LogP contribution in [0.3, 0.4) is 0 Å². The molecule has 0 amide bonds. The zero-order valence-corrected chi connectivity index (χ0v) is 11.4. The lowest BCUT2D eigenvalue weighted by Crippen LogP contribution is -2.02. The van der Waals surface area contributed by atoms with Crippen LogP contribution in [0.2, 0.25) is 0 Å². The van der Waals surface area contributed by atoms with Crippen molar-refractivity contribution in [3.63, 3.8) is 0 Å². The Morgan fingerprint density at radius 1 is 0.952 bits per heavy atom. The Balaban J connectivity index is 0.00000161. The van der Waals surface area contributed by atoms with Gasteiger partial charge in [-0.25, -0.2) is 0 Å². The molecule has 0 spiro atoms. The molecule has 0 aliphatic rings. The minimum Gasteiger partial charge on any atom is -0.282 e. The predicted octanol–water partition coefficient (Wildman–Crippen LogP) is 2.97. The van der Waals surface area contributed by atoms with Crippen molar-refractivity contribution in [1.82, 2.24) is 0 Å². The fourth-order valence-corrected chi connectivity index (χ4v) is 3.36. The SMILES string of the molecule is C=Cc1ccc2cc3ccccc3cc2c1S(=O)(=O)O.[MgH2]. The van der Waals surface area contributed by atoms with Crippen LogP contribution in [0.1, 0.15) is 5.56 Å². The lowest BCUT2D eigenvalue weighted by Gasteiger charge is -2.09. The second-order valence-corrected chi connectivity index (χ2v) is 5.94. The topological polar surface area (TPSA) is 54.4 Å². The summed E-state index contributed by atoms with van der Waals surface area (Å²) >= 11 is 0. The Morgan fingerprint density at radius 2 is 1.57 bits per heavy atom. The summed E-state index contributed by atoms with van der Waals surface area (Å²) in [6, 6.07) is 14.8. The lowest BCUT2D eigenvalue weighted by molar-refractivity contribution is 0.484. The smallest absolute Gasteiger partial charge is 0.282 e. The normalized spacial score (nSPS) is 11.3. The minimum absolute atomic E-state index is 0. The van der Waals surface area contributed by atoms with Crippen molar-refractivity contribution >= 4 is 60.8 Å². The lowest BCUT2D eigenvalue weighted by atomic mass is 10.0. The molecule has 1 N–H and O–H groups in total. The van der Waals surface area contributed by atoms with Crippen LogP contribution in [0.25, 0.3) is 27.6 Å². The molecule has 0 heterocycles. The van der Waals surface area contributed by atoms with Crippen molar-refractivity contribution in [3.8, 4) is 0 Å². The number of fused-ring (bicyclic) bond motifs is 2. The molecule has 0 fully saturated rings. The van der Waals surface area contributed by atoms with Crippen molar-refractivity contribution < 1.29 is 13.0 Å². The second kappa shape index (κ2) is 5.77. The van der Waals surface area contributed by atoms with Crippen LogP contribution in [0.4, 0.5) is 0 Å². The van der Waals surface area contributed by atoms with Crippen molar-refractivity contribution in [1.29, 1.82) is 0 Å². The van der Waals surface area contributed by atoms with Gasteiger partial charge in [0, 0.05) is 5.39 Å². The van der Waals surface area contributed by atoms with Crippen LogP contribution in [-0.2, 0) is 10.1 Å². The molecule has 0 aliphatic carbocycles.